The summed E-state index contributed by atoms with van der Waals surface area (Å²) in [7, 11) is 0. The van der Waals surface area contributed by atoms with E-state index in [0.29, 0.717) is 24.2 Å². The quantitative estimate of drug-likeness (QED) is 0.609. The van der Waals surface area contributed by atoms with E-state index in [2.05, 4.69) is 20.6 Å². The SMILES string of the molecule is OCCNc1nc(Nc2ccc(O)cc2)cc(C2CC2)n1. The van der Waals surface area contributed by atoms with Crippen LogP contribution >= 0.6 is 0 Å². The number of anilines is 3. The Labute approximate surface area is 122 Å². The second-order valence-electron chi connectivity index (χ2n) is 5.10. The third-order valence-electron chi connectivity index (χ3n) is 3.28. The number of benzene rings is 1. The zero-order valence-corrected chi connectivity index (χ0v) is 11.6. The third kappa shape index (κ3) is 3.61. The van der Waals surface area contributed by atoms with Crippen LogP contribution in [0.15, 0.2) is 30.3 Å². The lowest BCUT2D eigenvalue weighted by molar-refractivity contribution is 0.311. The van der Waals surface area contributed by atoms with Gasteiger partial charge in [0.05, 0.1) is 12.3 Å². The van der Waals surface area contributed by atoms with Crippen molar-refractivity contribution in [2.75, 3.05) is 23.8 Å². The van der Waals surface area contributed by atoms with Crippen molar-refractivity contribution in [2.45, 2.75) is 18.8 Å². The fourth-order valence-electron chi connectivity index (χ4n) is 2.06. The van der Waals surface area contributed by atoms with Gasteiger partial charge in [-0.25, -0.2) is 4.98 Å². The minimum Gasteiger partial charge on any atom is -0.508 e. The maximum atomic E-state index is 9.30. The number of phenols is 1. The minimum atomic E-state index is 0.0394. The van der Waals surface area contributed by atoms with Crippen molar-refractivity contribution in [3.63, 3.8) is 0 Å². The number of hydrogen-bond donors (Lipinski definition) is 4. The summed E-state index contributed by atoms with van der Waals surface area (Å²) >= 11 is 0. The van der Waals surface area contributed by atoms with Gasteiger partial charge in [-0.3, -0.25) is 0 Å². The molecule has 21 heavy (non-hydrogen) atoms. The monoisotopic (exact) mass is 286 g/mol. The first-order valence-corrected chi connectivity index (χ1v) is 7.04. The zero-order valence-electron chi connectivity index (χ0n) is 11.6. The van der Waals surface area contributed by atoms with Gasteiger partial charge in [-0.15, -0.1) is 0 Å². The van der Waals surface area contributed by atoms with E-state index in [-0.39, 0.29) is 12.4 Å². The molecule has 4 N–H and O–H groups in total. The van der Waals surface area contributed by atoms with Crippen LogP contribution in [0.1, 0.15) is 24.5 Å². The first-order chi connectivity index (χ1) is 10.2. The molecule has 0 saturated heterocycles. The van der Waals surface area contributed by atoms with Crippen LogP contribution in [0.25, 0.3) is 0 Å². The van der Waals surface area contributed by atoms with Gasteiger partial charge in [0.15, 0.2) is 0 Å². The van der Waals surface area contributed by atoms with Crippen LogP contribution in [0.4, 0.5) is 17.5 Å². The van der Waals surface area contributed by atoms with Crippen LogP contribution in [0.3, 0.4) is 0 Å². The van der Waals surface area contributed by atoms with Crippen LogP contribution in [0.2, 0.25) is 0 Å². The molecule has 6 heteroatoms. The van der Waals surface area contributed by atoms with Crippen molar-refractivity contribution >= 4 is 17.5 Å². The zero-order chi connectivity index (χ0) is 14.7. The summed E-state index contributed by atoms with van der Waals surface area (Å²) < 4.78 is 0. The van der Waals surface area contributed by atoms with Gasteiger partial charge in [0.25, 0.3) is 0 Å². The maximum Gasteiger partial charge on any atom is 0.224 e. The van der Waals surface area contributed by atoms with Crippen molar-refractivity contribution in [1.29, 1.82) is 0 Å². The van der Waals surface area contributed by atoms with Gasteiger partial charge in [-0.1, -0.05) is 0 Å². The van der Waals surface area contributed by atoms with Gasteiger partial charge < -0.3 is 20.8 Å². The Morgan fingerprint density at radius 1 is 1.14 bits per heavy atom. The number of hydrogen-bond acceptors (Lipinski definition) is 6. The Balaban J connectivity index is 1.82. The number of nitrogens with one attached hydrogen (secondary N) is 2. The number of phenolic OH excluding ortho intramolecular Hbond substituents is 1. The molecule has 0 aliphatic heterocycles. The first kappa shape index (κ1) is 13.6. The molecule has 1 aliphatic carbocycles. The predicted octanol–water partition coefficient (Wildman–Crippen LogP) is 2.21. The van der Waals surface area contributed by atoms with Gasteiger partial charge >= 0.3 is 0 Å². The summed E-state index contributed by atoms with van der Waals surface area (Å²) in [5, 5.41) is 24.4. The van der Waals surface area contributed by atoms with Crippen LogP contribution in [0, 0.1) is 0 Å². The highest BCUT2D eigenvalue weighted by atomic mass is 16.3. The lowest BCUT2D eigenvalue weighted by atomic mass is 10.2. The number of aliphatic hydroxyl groups excluding tert-OH is 1. The smallest absolute Gasteiger partial charge is 0.224 e. The summed E-state index contributed by atoms with van der Waals surface area (Å²) in [5.74, 6) is 1.98. The predicted molar refractivity (Wildman–Crippen MR) is 81.0 cm³/mol. The van der Waals surface area contributed by atoms with E-state index in [1.807, 2.05) is 6.07 Å². The topological polar surface area (TPSA) is 90.3 Å². The molecule has 1 fully saturated rings. The summed E-state index contributed by atoms with van der Waals surface area (Å²) in [6.45, 7) is 0.463. The van der Waals surface area contributed by atoms with Crippen molar-refractivity contribution in [1.82, 2.24) is 9.97 Å². The molecule has 1 aromatic carbocycles. The molecule has 110 valence electrons. The van der Waals surface area contributed by atoms with E-state index in [9.17, 15) is 5.11 Å². The summed E-state index contributed by atoms with van der Waals surface area (Å²) in [6, 6.07) is 8.77. The molecule has 6 nitrogen and oxygen atoms in total. The highest BCUT2D eigenvalue weighted by Crippen LogP contribution is 2.40. The second-order valence-corrected chi connectivity index (χ2v) is 5.10. The average molecular weight is 286 g/mol. The molecule has 0 unspecified atom stereocenters. The van der Waals surface area contributed by atoms with Crippen LogP contribution in [-0.4, -0.2) is 33.3 Å². The van der Waals surface area contributed by atoms with Gasteiger partial charge in [0.1, 0.15) is 11.6 Å². The number of nitrogens with zero attached hydrogens (tertiary/aromatic N) is 2. The van der Waals surface area contributed by atoms with Crippen molar-refractivity contribution in [3.8, 4) is 5.75 Å². The Morgan fingerprint density at radius 3 is 2.57 bits per heavy atom. The minimum absolute atomic E-state index is 0.0394. The van der Waals surface area contributed by atoms with Gasteiger partial charge in [-0.05, 0) is 37.1 Å². The standard InChI is InChI=1S/C15H18N4O2/c20-8-7-16-15-18-13(10-1-2-10)9-14(19-15)17-11-3-5-12(21)6-4-11/h3-6,9-10,20-21H,1-2,7-8H2,(H2,16,17,18,19). The van der Waals surface area contributed by atoms with Gasteiger partial charge in [0.2, 0.25) is 5.95 Å². The summed E-state index contributed by atoms with van der Waals surface area (Å²) in [5.41, 5.74) is 1.87. The lowest BCUT2D eigenvalue weighted by Gasteiger charge is -2.10. The number of rotatable bonds is 6. The molecule has 1 aromatic heterocycles. The van der Waals surface area contributed by atoms with E-state index in [1.165, 1.54) is 0 Å². The van der Waals surface area contributed by atoms with Crippen molar-refractivity contribution < 1.29 is 10.2 Å². The van der Waals surface area contributed by atoms with Crippen molar-refractivity contribution in [3.05, 3.63) is 36.0 Å². The van der Waals surface area contributed by atoms with Gasteiger partial charge in [0, 0.05) is 24.2 Å². The largest absolute Gasteiger partial charge is 0.508 e. The number of aromatic hydroxyl groups is 1. The highest BCUT2D eigenvalue weighted by Gasteiger charge is 2.26. The Morgan fingerprint density at radius 2 is 1.90 bits per heavy atom. The fraction of sp³-hybridized carbons (Fsp3) is 0.333. The molecule has 0 amide bonds. The molecular weight excluding hydrogens is 268 g/mol. The second kappa shape index (κ2) is 5.97. The molecule has 0 radical (unpaired) electrons. The van der Waals surface area contributed by atoms with Crippen LogP contribution in [-0.2, 0) is 0 Å². The normalized spacial score (nSPS) is 14.0. The third-order valence-corrected chi connectivity index (χ3v) is 3.28. The Kier molecular flexibility index (Phi) is 3.87. The molecule has 0 spiro atoms. The molecule has 1 aliphatic rings. The maximum absolute atomic E-state index is 9.30. The van der Waals surface area contributed by atoms with Crippen molar-refractivity contribution in [2.24, 2.45) is 0 Å². The molecule has 2 aromatic rings. The van der Waals surface area contributed by atoms with E-state index >= 15 is 0 Å². The molecule has 0 bridgehead atoms. The molecule has 1 saturated carbocycles. The summed E-state index contributed by atoms with van der Waals surface area (Å²) in [4.78, 5) is 8.87. The molecule has 3 rings (SSSR count). The highest BCUT2D eigenvalue weighted by molar-refractivity contribution is 5.58. The number of aliphatic hydroxyl groups is 1. The van der Waals surface area contributed by atoms with E-state index in [0.717, 1.165) is 24.2 Å². The molecule has 0 atom stereocenters. The molecule has 1 heterocycles. The van der Waals surface area contributed by atoms with Crippen LogP contribution < -0.4 is 10.6 Å². The Bertz CT molecular complexity index is 612. The number of aromatic nitrogens is 2. The van der Waals surface area contributed by atoms with Crippen LogP contribution in [0.5, 0.6) is 5.75 Å². The molecular formula is C15H18N4O2. The average Bonchev–Trinajstić information content (AvgIpc) is 3.32. The van der Waals surface area contributed by atoms with E-state index in [1.54, 1.807) is 24.3 Å². The Hall–Kier alpha value is -2.34. The summed E-state index contributed by atoms with van der Waals surface area (Å²) in [6.07, 6.45) is 2.32. The van der Waals surface area contributed by atoms with Gasteiger partial charge in [-0.2, -0.15) is 4.98 Å². The van der Waals surface area contributed by atoms with E-state index in [4.69, 9.17) is 5.11 Å². The lowest BCUT2D eigenvalue weighted by Crippen LogP contribution is -2.10. The first-order valence-electron chi connectivity index (χ1n) is 7.04. The van der Waals surface area contributed by atoms with E-state index < -0.39 is 0 Å². The fourth-order valence-corrected chi connectivity index (χ4v) is 2.06.